The van der Waals surface area contributed by atoms with E-state index in [1.54, 1.807) is 23.0 Å². The highest BCUT2D eigenvalue weighted by Crippen LogP contribution is 2.32. The first-order valence-corrected chi connectivity index (χ1v) is 9.01. The predicted octanol–water partition coefficient (Wildman–Crippen LogP) is 2.97. The van der Waals surface area contributed by atoms with Crippen molar-refractivity contribution in [2.24, 2.45) is 5.41 Å². The summed E-state index contributed by atoms with van der Waals surface area (Å²) in [4.78, 5) is 19.6. The molecule has 1 aliphatic heterocycles. The van der Waals surface area contributed by atoms with E-state index in [2.05, 4.69) is 51.5 Å². The third-order valence-corrected chi connectivity index (χ3v) is 5.29. The lowest BCUT2D eigenvalue weighted by molar-refractivity contribution is -0.127. The van der Waals surface area contributed by atoms with Crippen molar-refractivity contribution in [3.63, 3.8) is 0 Å². The lowest BCUT2D eigenvalue weighted by Gasteiger charge is -2.38. The molecule has 0 aliphatic carbocycles. The molecular formula is C20H23N5O. The van der Waals surface area contributed by atoms with Gasteiger partial charge in [0.1, 0.15) is 5.82 Å². The van der Waals surface area contributed by atoms with Crippen molar-refractivity contribution < 1.29 is 4.79 Å². The second-order valence-corrected chi connectivity index (χ2v) is 7.21. The molecule has 1 aliphatic rings. The molecule has 1 fully saturated rings. The molecular weight excluding hydrogens is 326 g/mol. The number of carbonyl (C=O) groups excluding carboxylic acids is 1. The Labute approximate surface area is 152 Å². The molecule has 0 spiro atoms. The summed E-state index contributed by atoms with van der Waals surface area (Å²) in [7, 11) is 0. The van der Waals surface area contributed by atoms with Gasteiger partial charge in [-0.2, -0.15) is 9.61 Å². The van der Waals surface area contributed by atoms with E-state index >= 15 is 0 Å². The van der Waals surface area contributed by atoms with E-state index in [1.165, 1.54) is 5.56 Å². The van der Waals surface area contributed by atoms with Gasteiger partial charge < -0.3 is 5.32 Å². The molecule has 3 aromatic rings. The van der Waals surface area contributed by atoms with Crippen LogP contribution < -0.4 is 5.32 Å². The maximum atomic E-state index is 12.9. The number of amides is 1. The third kappa shape index (κ3) is 3.32. The Morgan fingerprint density at radius 1 is 1.12 bits per heavy atom. The van der Waals surface area contributed by atoms with Crippen LogP contribution in [0.5, 0.6) is 0 Å². The number of anilines is 1. The average Bonchev–Trinajstić information content (AvgIpc) is 3.14. The van der Waals surface area contributed by atoms with Gasteiger partial charge >= 0.3 is 0 Å². The Balaban J connectivity index is 1.40. The molecule has 26 heavy (non-hydrogen) atoms. The van der Waals surface area contributed by atoms with Crippen LogP contribution in [0.4, 0.5) is 5.82 Å². The number of piperidine rings is 1. The van der Waals surface area contributed by atoms with Crippen LogP contribution >= 0.6 is 0 Å². The minimum Gasteiger partial charge on any atom is -0.310 e. The van der Waals surface area contributed by atoms with Crippen molar-refractivity contribution in [3.8, 4) is 0 Å². The van der Waals surface area contributed by atoms with E-state index in [0.717, 1.165) is 38.1 Å². The van der Waals surface area contributed by atoms with Crippen LogP contribution in [-0.2, 0) is 11.3 Å². The first-order chi connectivity index (χ1) is 12.6. The second-order valence-electron chi connectivity index (χ2n) is 7.21. The second kappa shape index (κ2) is 6.88. The average molecular weight is 349 g/mol. The minimum atomic E-state index is -0.365. The van der Waals surface area contributed by atoms with Crippen molar-refractivity contribution >= 4 is 17.4 Å². The van der Waals surface area contributed by atoms with Gasteiger partial charge in [-0.15, -0.1) is 0 Å². The Hall–Kier alpha value is -2.73. The molecule has 4 rings (SSSR count). The molecule has 1 amide bonds. The molecule has 2 aromatic heterocycles. The zero-order valence-electron chi connectivity index (χ0n) is 14.9. The number of hydrogen-bond acceptors (Lipinski definition) is 4. The predicted molar refractivity (Wildman–Crippen MR) is 101 cm³/mol. The summed E-state index contributed by atoms with van der Waals surface area (Å²) in [6, 6.07) is 14.1. The molecule has 1 saturated heterocycles. The van der Waals surface area contributed by atoms with Crippen LogP contribution in [0.25, 0.3) is 5.65 Å². The van der Waals surface area contributed by atoms with Crippen LogP contribution in [0.2, 0.25) is 0 Å². The zero-order chi connectivity index (χ0) is 18.0. The molecule has 6 nitrogen and oxygen atoms in total. The molecule has 0 bridgehead atoms. The molecule has 0 unspecified atom stereocenters. The number of hydrogen-bond donors (Lipinski definition) is 1. The van der Waals surface area contributed by atoms with Crippen molar-refractivity contribution in [2.75, 3.05) is 18.4 Å². The maximum absolute atomic E-state index is 12.9. The van der Waals surface area contributed by atoms with Crippen molar-refractivity contribution in [2.45, 2.75) is 26.3 Å². The van der Waals surface area contributed by atoms with Crippen LogP contribution in [-0.4, -0.2) is 38.5 Å². The number of rotatable bonds is 4. The van der Waals surface area contributed by atoms with E-state index in [4.69, 9.17) is 0 Å². The maximum Gasteiger partial charge on any atom is 0.231 e. The summed E-state index contributed by atoms with van der Waals surface area (Å²) in [5, 5.41) is 7.28. The number of benzene rings is 1. The third-order valence-electron chi connectivity index (χ3n) is 5.29. The Morgan fingerprint density at radius 2 is 1.88 bits per heavy atom. The molecule has 1 aromatic carbocycles. The summed E-state index contributed by atoms with van der Waals surface area (Å²) in [5.41, 5.74) is 1.68. The molecule has 0 atom stereocenters. The SMILES string of the molecule is CC1(C(=O)Nc2ccnc3ccnn23)CCN(Cc2ccccc2)CC1. The molecule has 6 heteroatoms. The quantitative estimate of drug-likeness (QED) is 0.787. The topological polar surface area (TPSA) is 62.5 Å². The molecule has 3 heterocycles. The number of nitrogens with zero attached hydrogens (tertiary/aromatic N) is 4. The fourth-order valence-electron chi connectivity index (χ4n) is 3.47. The van der Waals surface area contributed by atoms with E-state index in [0.29, 0.717) is 5.82 Å². The van der Waals surface area contributed by atoms with Gasteiger partial charge in [0, 0.05) is 24.2 Å². The minimum absolute atomic E-state index is 0.0554. The standard InChI is InChI=1S/C20H23N5O/c1-20(9-13-24(14-10-20)15-16-5-3-2-4-6-16)19(26)23-18-7-11-21-17-8-12-22-25(17)18/h2-8,11-12H,9-10,13-15H2,1H3,(H,23,26). The number of aromatic nitrogens is 3. The summed E-state index contributed by atoms with van der Waals surface area (Å²) >= 11 is 0. The van der Waals surface area contributed by atoms with Crippen molar-refractivity contribution in [3.05, 3.63) is 60.4 Å². The van der Waals surface area contributed by atoms with Crippen LogP contribution in [0.1, 0.15) is 25.3 Å². The summed E-state index contributed by atoms with van der Waals surface area (Å²) in [6.07, 6.45) is 5.07. The van der Waals surface area contributed by atoms with Gasteiger partial charge in [-0.25, -0.2) is 4.98 Å². The first-order valence-electron chi connectivity index (χ1n) is 9.01. The van der Waals surface area contributed by atoms with Gasteiger partial charge in [0.25, 0.3) is 0 Å². The first kappa shape index (κ1) is 16.7. The number of likely N-dealkylation sites (tertiary alicyclic amines) is 1. The van der Waals surface area contributed by atoms with Crippen molar-refractivity contribution in [1.82, 2.24) is 19.5 Å². The van der Waals surface area contributed by atoms with Gasteiger partial charge in [0.05, 0.1) is 6.20 Å². The molecule has 0 radical (unpaired) electrons. The fraction of sp³-hybridized carbons (Fsp3) is 0.350. The zero-order valence-corrected chi connectivity index (χ0v) is 14.9. The number of carbonyl (C=O) groups is 1. The van der Waals surface area contributed by atoms with Gasteiger partial charge in [-0.05, 0) is 37.6 Å². The number of nitrogens with one attached hydrogen (secondary N) is 1. The highest BCUT2D eigenvalue weighted by Gasteiger charge is 2.37. The Kier molecular flexibility index (Phi) is 4.42. The normalized spacial score (nSPS) is 17.3. The fourth-order valence-corrected chi connectivity index (χ4v) is 3.47. The Bertz CT molecular complexity index is 897. The van der Waals surface area contributed by atoms with E-state index in [1.807, 2.05) is 12.1 Å². The molecule has 1 N–H and O–H groups in total. The van der Waals surface area contributed by atoms with Crippen LogP contribution in [0.3, 0.4) is 0 Å². The van der Waals surface area contributed by atoms with Crippen molar-refractivity contribution in [1.29, 1.82) is 0 Å². The van der Waals surface area contributed by atoms with Gasteiger partial charge in [-0.3, -0.25) is 9.69 Å². The monoisotopic (exact) mass is 349 g/mol. The van der Waals surface area contributed by atoms with Crippen LogP contribution in [0, 0.1) is 5.41 Å². The molecule has 0 saturated carbocycles. The highest BCUT2D eigenvalue weighted by atomic mass is 16.2. The molecule has 134 valence electrons. The summed E-state index contributed by atoms with van der Waals surface area (Å²) in [6.45, 7) is 4.85. The van der Waals surface area contributed by atoms with E-state index in [9.17, 15) is 4.79 Å². The van der Waals surface area contributed by atoms with Gasteiger partial charge in [0.15, 0.2) is 5.65 Å². The lowest BCUT2D eigenvalue weighted by Crippen LogP contribution is -2.44. The largest absolute Gasteiger partial charge is 0.310 e. The Morgan fingerprint density at radius 3 is 2.65 bits per heavy atom. The van der Waals surface area contributed by atoms with Gasteiger partial charge in [-0.1, -0.05) is 37.3 Å². The smallest absolute Gasteiger partial charge is 0.231 e. The van der Waals surface area contributed by atoms with E-state index < -0.39 is 0 Å². The lowest BCUT2D eigenvalue weighted by atomic mass is 9.79. The summed E-state index contributed by atoms with van der Waals surface area (Å²) in [5.74, 6) is 0.720. The highest BCUT2D eigenvalue weighted by molar-refractivity contribution is 5.94. The summed E-state index contributed by atoms with van der Waals surface area (Å²) < 4.78 is 1.66. The number of fused-ring (bicyclic) bond motifs is 1. The van der Waals surface area contributed by atoms with E-state index in [-0.39, 0.29) is 11.3 Å². The van der Waals surface area contributed by atoms with Gasteiger partial charge in [0.2, 0.25) is 5.91 Å². The van der Waals surface area contributed by atoms with Crippen LogP contribution in [0.15, 0.2) is 54.9 Å².